The fourth-order valence-corrected chi connectivity index (χ4v) is 3.57. The van der Waals surface area contributed by atoms with Crippen molar-refractivity contribution in [3.8, 4) is 0 Å². The largest absolute Gasteiger partial charge is 0.349 e. The molecule has 1 heterocycles. The average molecular weight is 272 g/mol. The SMILES string of the molecule is Cc1csc(C(=O)NC2CCC(C)(C)C2)c1Cl. The Kier molecular flexibility index (Phi) is 3.50. The fourth-order valence-electron chi connectivity index (χ4n) is 2.39. The van der Waals surface area contributed by atoms with Crippen LogP contribution in [0.1, 0.15) is 48.3 Å². The minimum Gasteiger partial charge on any atom is -0.349 e. The molecule has 1 aliphatic rings. The van der Waals surface area contributed by atoms with Crippen LogP contribution < -0.4 is 5.32 Å². The van der Waals surface area contributed by atoms with Gasteiger partial charge in [0.05, 0.1) is 5.02 Å². The quantitative estimate of drug-likeness (QED) is 0.865. The van der Waals surface area contributed by atoms with E-state index in [1.165, 1.54) is 17.8 Å². The monoisotopic (exact) mass is 271 g/mol. The van der Waals surface area contributed by atoms with E-state index in [2.05, 4.69) is 19.2 Å². The van der Waals surface area contributed by atoms with Crippen molar-refractivity contribution in [3.05, 3.63) is 20.8 Å². The molecular formula is C13H18ClNOS. The number of aryl methyl sites for hydroxylation is 1. The van der Waals surface area contributed by atoms with Gasteiger partial charge in [-0.2, -0.15) is 0 Å². The number of thiophene rings is 1. The number of carbonyl (C=O) groups excluding carboxylic acids is 1. The second-order valence-electron chi connectivity index (χ2n) is 5.64. The van der Waals surface area contributed by atoms with Gasteiger partial charge in [0.25, 0.3) is 5.91 Å². The third-order valence-electron chi connectivity index (χ3n) is 3.41. The van der Waals surface area contributed by atoms with Crippen LogP contribution in [0.25, 0.3) is 0 Å². The van der Waals surface area contributed by atoms with Crippen LogP contribution in [-0.4, -0.2) is 11.9 Å². The van der Waals surface area contributed by atoms with Gasteiger partial charge in [0.15, 0.2) is 0 Å². The lowest BCUT2D eigenvalue weighted by molar-refractivity contribution is 0.0940. The number of hydrogen-bond donors (Lipinski definition) is 1. The second-order valence-corrected chi connectivity index (χ2v) is 6.90. The molecule has 0 radical (unpaired) electrons. The molecule has 1 unspecified atom stereocenters. The highest BCUT2D eigenvalue weighted by Gasteiger charge is 2.32. The first-order valence-corrected chi connectivity index (χ1v) is 7.19. The van der Waals surface area contributed by atoms with E-state index >= 15 is 0 Å². The lowest BCUT2D eigenvalue weighted by Gasteiger charge is -2.17. The maximum Gasteiger partial charge on any atom is 0.263 e. The smallest absolute Gasteiger partial charge is 0.263 e. The lowest BCUT2D eigenvalue weighted by Crippen LogP contribution is -2.33. The van der Waals surface area contributed by atoms with Gasteiger partial charge < -0.3 is 5.32 Å². The van der Waals surface area contributed by atoms with Crippen molar-refractivity contribution >= 4 is 28.8 Å². The summed E-state index contributed by atoms with van der Waals surface area (Å²) in [4.78, 5) is 12.7. The van der Waals surface area contributed by atoms with E-state index in [-0.39, 0.29) is 5.91 Å². The molecule has 1 atom stereocenters. The van der Waals surface area contributed by atoms with Gasteiger partial charge in [-0.3, -0.25) is 4.79 Å². The molecule has 1 aromatic heterocycles. The Morgan fingerprint density at radius 2 is 2.29 bits per heavy atom. The van der Waals surface area contributed by atoms with Crippen LogP contribution in [0.15, 0.2) is 5.38 Å². The summed E-state index contributed by atoms with van der Waals surface area (Å²) in [7, 11) is 0. The third kappa shape index (κ3) is 2.83. The molecule has 0 aromatic carbocycles. The van der Waals surface area contributed by atoms with E-state index < -0.39 is 0 Å². The number of carbonyl (C=O) groups is 1. The molecule has 94 valence electrons. The van der Waals surface area contributed by atoms with Crippen LogP contribution in [0.5, 0.6) is 0 Å². The van der Waals surface area contributed by atoms with E-state index in [0.717, 1.165) is 18.4 Å². The predicted octanol–water partition coefficient (Wildman–Crippen LogP) is 4.02. The van der Waals surface area contributed by atoms with Crippen LogP contribution in [0, 0.1) is 12.3 Å². The Bertz CT molecular complexity index is 439. The molecule has 0 aliphatic heterocycles. The van der Waals surface area contributed by atoms with E-state index in [9.17, 15) is 4.79 Å². The van der Waals surface area contributed by atoms with Crippen molar-refractivity contribution in [1.82, 2.24) is 5.32 Å². The summed E-state index contributed by atoms with van der Waals surface area (Å²) in [5.74, 6) is -0.0178. The summed E-state index contributed by atoms with van der Waals surface area (Å²) >= 11 is 7.52. The maximum atomic E-state index is 12.1. The Morgan fingerprint density at radius 3 is 2.76 bits per heavy atom. The predicted molar refractivity (Wildman–Crippen MR) is 73.0 cm³/mol. The molecule has 1 N–H and O–H groups in total. The summed E-state index contributed by atoms with van der Waals surface area (Å²) in [5, 5.41) is 5.62. The minimum absolute atomic E-state index is 0.0178. The number of amides is 1. The highest BCUT2D eigenvalue weighted by molar-refractivity contribution is 7.13. The van der Waals surface area contributed by atoms with Crippen molar-refractivity contribution < 1.29 is 4.79 Å². The standard InChI is InChI=1S/C13H18ClNOS/c1-8-7-17-11(10(8)14)12(16)15-9-4-5-13(2,3)6-9/h7,9H,4-6H2,1-3H3,(H,15,16). The molecule has 1 aromatic rings. The third-order valence-corrected chi connectivity index (χ3v) is 5.10. The van der Waals surface area contributed by atoms with Crippen molar-refractivity contribution in [1.29, 1.82) is 0 Å². The van der Waals surface area contributed by atoms with Gasteiger partial charge >= 0.3 is 0 Å². The van der Waals surface area contributed by atoms with Crippen LogP contribution >= 0.6 is 22.9 Å². The zero-order valence-corrected chi connectivity index (χ0v) is 12.0. The Balaban J connectivity index is 2.01. The number of halogens is 1. The molecular weight excluding hydrogens is 254 g/mol. The summed E-state index contributed by atoms with van der Waals surface area (Å²) in [5.41, 5.74) is 1.33. The molecule has 1 saturated carbocycles. The highest BCUT2D eigenvalue weighted by Crippen LogP contribution is 2.37. The van der Waals surface area contributed by atoms with E-state index in [4.69, 9.17) is 11.6 Å². The molecule has 1 fully saturated rings. The zero-order chi connectivity index (χ0) is 12.6. The number of nitrogens with one attached hydrogen (secondary N) is 1. The summed E-state index contributed by atoms with van der Waals surface area (Å²) < 4.78 is 0. The molecule has 0 saturated heterocycles. The van der Waals surface area contributed by atoms with Gasteiger partial charge in [0.1, 0.15) is 4.88 Å². The number of hydrogen-bond acceptors (Lipinski definition) is 2. The molecule has 4 heteroatoms. The molecule has 0 bridgehead atoms. The minimum atomic E-state index is -0.0178. The summed E-state index contributed by atoms with van der Waals surface area (Å²) in [6.07, 6.45) is 3.30. The Labute approximate surface area is 111 Å². The molecule has 2 rings (SSSR count). The van der Waals surface area contributed by atoms with E-state index in [1.54, 1.807) is 0 Å². The zero-order valence-electron chi connectivity index (χ0n) is 10.5. The summed E-state index contributed by atoms with van der Waals surface area (Å²) in [6.45, 7) is 6.43. The first-order valence-electron chi connectivity index (χ1n) is 5.93. The topological polar surface area (TPSA) is 29.1 Å². The number of rotatable bonds is 2. The first kappa shape index (κ1) is 12.9. The van der Waals surface area contributed by atoms with Gasteiger partial charge in [-0.15, -0.1) is 11.3 Å². The van der Waals surface area contributed by atoms with Gasteiger partial charge in [-0.1, -0.05) is 25.4 Å². The maximum absolute atomic E-state index is 12.1. The molecule has 2 nitrogen and oxygen atoms in total. The van der Waals surface area contributed by atoms with Crippen LogP contribution in [0.3, 0.4) is 0 Å². The summed E-state index contributed by atoms with van der Waals surface area (Å²) in [6, 6.07) is 0.302. The van der Waals surface area contributed by atoms with Crippen LogP contribution in [-0.2, 0) is 0 Å². The lowest BCUT2D eigenvalue weighted by atomic mass is 9.92. The second kappa shape index (κ2) is 4.62. The van der Waals surface area contributed by atoms with E-state index in [0.29, 0.717) is 21.4 Å². The average Bonchev–Trinajstić information content (AvgIpc) is 2.72. The van der Waals surface area contributed by atoms with Crippen LogP contribution in [0.4, 0.5) is 0 Å². The van der Waals surface area contributed by atoms with Crippen molar-refractivity contribution in [2.45, 2.75) is 46.1 Å². The van der Waals surface area contributed by atoms with Gasteiger partial charge in [0.2, 0.25) is 0 Å². The van der Waals surface area contributed by atoms with Gasteiger partial charge in [-0.25, -0.2) is 0 Å². The van der Waals surface area contributed by atoms with Gasteiger partial charge in [0, 0.05) is 6.04 Å². The normalized spacial score (nSPS) is 22.7. The molecule has 1 aliphatic carbocycles. The van der Waals surface area contributed by atoms with Crippen molar-refractivity contribution in [2.75, 3.05) is 0 Å². The molecule has 0 spiro atoms. The van der Waals surface area contributed by atoms with Crippen molar-refractivity contribution in [3.63, 3.8) is 0 Å². The van der Waals surface area contributed by atoms with Gasteiger partial charge in [-0.05, 0) is 42.5 Å². The Hall–Kier alpha value is -0.540. The van der Waals surface area contributed by atoms with Crippen LogP contribution in [0.2, 0.25) is 5.02 Å². The first-order chi connectivity index (χ1) is 7.89. The fraction of sp³-hybridized carbons (Fsp3) is 0.615. The molecule has 1 amide bonds. The van der Waals surface area contributed by atoms with Crippen molar-refractivity contribution in [2.24, 2.45) is 5.41 Å². The highest BCUT2D eigenvalue weighted by atomic mass is 35.5. The Morgan fingerprint density at radius 1 is 1.59 bits per heavy atom. The molecule has 17 heavy (non-hydrogen) atoms. The van der Waals surface area contributed by atoms with E-state index in [1.807, 2.05) is 12.3 Å².